The Hall–Kier alpha value is -2.18. The van der Waals surface area contributed by atoms with E-state index >= 15 is 0 Å². The second-order valence-electron chi connectivity index (χ2n) is 3.54. The number of amides is 1. The summed E-state index contributed by atoms with van der Waals surface area (Å²) in [4.78, 5) is 31.2. The van der Waals surface area contributed by atoms with E-state index in [1.165, 1.54) is 17.3 Å². The van der Waals surface area contributed by atoms with E-state index in [4.69, 9.17) is 10.8 Å². The Kier molecular flexibility index (Phi) is 2.43. The average Bonchev–Trinajstić information content (AvgIpc) is 2.60. The standard InChI is InChI=1S/C9H10N4O3/c10-6-2-7(12-4-11-6)13-3-5(9(15)16)1-8(13)14/h2,4-5H,1,3H2,(H,15,16)(H2,10,11,12). The summed E-state index contributed by atoms with van der Waals surface area (Å²) < 4.78 is 0. The minimum atomic E-state index is -0.974. The van der Waals surface area contributed by atoms with Crippen LogP contribution in [0.3, 0.4) is 0 Å². The van der Waals surface area contributed by atoms with E-state index in [0.717, 1.165) is 0 Å². The molecule has 1 unspecified atom stereocenters. The fourth-order valence-corrected chi connectivity index (χ4v) is 1.60. The number of carbonyl (C=O) groups excluding carboxylic acids is 1. The van der Waals surface area contributed by atoms with Gasteiger partial charge >= 0.3 is 5.97 Å². The Labute approximate surface area is 90.9 Å². The maximum Gasteiger partial charge on any atom is 0.308 e. The van der Waals surface area contributed by atoms with Crippen LogP contribution in [0.15, 0.2) is 12.4 Å². The smallest absolute Gasteiger partial charge is 0.308 e. The molecule has 0 radical (unpaired) electrons. The molecule has 0 spiro atoms. The van der Waals surface area contributed by atoms with Crippen molar-refractivity contribution >= 4 is 23.5 Å². The SMILES string of the molecule is Nc1cc(N2CC(C(=O)O)CC2=O)ncn1. The molecular formula is C9H10N4O3. The average molecular weight is 222 g/mol. The molecule has 2 rings (SSSR count). The van der Waals surface area contributed by atoms with Gasteiger partial charge in [0.1, 0.15) is 18.0 Å². The van der Waals surface area contributed by atoms with Crippen molar-refractivity contribution in [3.63, 3.8) is 0 Å². The van der Waals surface area contributed by atoms with Gasteiger partial charge in [0, 0.05) is 19.0 Å². The maximum absolute atomic E-state index is 11.6. The van der Waals surface area contributed by atoms with Crippen LogP contribution >= 0.6 is 0 Å². The summed E-state index contributed by atoms with van der Waals surface area (Å²) in [6.07, 6.45) is 1.24. The first-order valence-corrected chi connectivity index (χ1v) is 4.68. The molecule has 84 valence electrons. The highest BCUT2D eigenvalue weighted by Gasteiger charge is 2.35. The third-order valence-electron chi connectivity index (χ3n) is 2.42. The fraction of sp³-hybridized carbons (Fsp3) is 0.333. The molecule has 16 heavy (non-hydrogen) atoms. The zero-order valence-electron chi connectivity index (χ0n) is 8.33. The molecule has 0 aliphatic carbocycles. The number of rotatable bonds is 2. The number of aliphatic carboxylic acids is 1. The molecule has 0 bridgehead atoms. The molecule has 7 nitrogen and oxygen atoms in total. The van der Waals surface area contributed by atoms with Gasteiger partial charge in [-0.3, -0.25) is 14.5 Å². The van der Waals surface area contributed by atoms with E-state index < -0.39 is 11.9 Å². The molecular weight excluding hydrogens is 212 g/mol. The highest BCUT2D eigenvalue weighted by atomic mass is 16.4. The molecule has 3 N–H and O–H groups in total. The van der Waals surface area contributed by atoms with Gasteiger partial charge in [-0.1, -0.05) is 0 Å². The van der Waals surface area contributed by atoms with Gasteiger partial charge in [-0.05, 0) is 0 Å². The third kappa shape index (κ3) is 1.79. The first kappa shape index (κ1) is 10.3. The Morgan fingerprint density at radius 2 is 2.31 bits per heavy atom. The number of anilines is 2. The van der Waals surface area contributed by atoms with Gasteiger partial charge in [0.15, 0.2) is 0 Å². The van der Waals surface area contributed by atoms with Gasteiger partial charge in [0.05, 0.1) is 5.92 Å². The van der Waals surface area contributed by atoms with Crippen LogP contribution in [0, 0.1) is 5.92 Å². The predicted octanol–water partition coefficient (Wildman–Crippen LogP) is -0.504. The van der Waals surface area contributed by atoms with Crippen LogP contribution in [0.1, 0.15) is 6.42 Å². The van der Waals surface area contributed by atoms with Crippen LogP contribution in [0.5, 0.6) is 0 Å². The van der Waals surface area contributed by atoms with Crippen LogP contribution in [0.2, 0.25) is 0 Å². The van der Waals surface area contributed by atoms with Crippen LogP contribution in [-0.2, 0) is 9.59 Å². The number of carboxylic acids is 1. The van der Waals surface area contributed by atoms with Crippen molar-refractivity contribution in [1.82, 2.24) is 9.97 Å². The van der Waals surface area contributed by atoms with Gasteiger partial charge < -0.3 is 10.8 Å². The van der Waals surface area contributed by atoms with Gasteiger partial charge in [-0.2, -0.15) is 0 Å². The Morgan fingerprint density at radius 3 is 2.88 bits per heavy atom. The molecule has 1 aromatic heterocycles. The molecule has 1 aromatic rings. The summed E-state index contributed by atoms with van der Waals surface area (Å²) in [5, 5.41) is 8.81. The van der Waals surface area contributed by atoms with E-state index in [1.807, 2.05) is 0 Å². The number of nitrogens with two attached hydrogens (primary N) is 1. The fourth-order valence-electron chi connectivity index (χ4n) is 1.60. The van der Waals surface area contributed by atoms with E-state index in [1.54, 1.807) is 0 Å². The number of aromatic nitrogens is 2. The van der Waals surface area contributed by atoms with E-state index in [0.29, 0.717) is 5.82 Å². The summed E-state index contributed by atoms with van der Waals surface area (Å²) in [7, 11) is 0. The van der Waals surface area contributed by atoms with Crippen molar-refractivity contribution in [3.05, 3.63) is 12.4 Å². The highest BCUT2D eigenvalue weighted by Crippen LogP contribution is 2.23. The molecule has 1 fully saturated rings. The van der Waals surface area contributed by atoms with Crippen molar-refractivity contribution in [3.8, 4) is 0 Å². The van der Waals surface area contributed by atoms with Crippen LogP contribution in [-0.4, -0.2) is 33.5 Å². The first-order valence-electron chi connectivity index (χ1n) is 4.68. The van der Waals surface area contributed by atoms with E-state index in [9.17, 15) is 9.59 Å². The largest absolute Gasteiger partial charge is 0.481 e. The number of carbonyl (C=O) groups is 2. The molecule has 0 saturated carbocycles. The van der Waals surface area contributed by atoms with Crippen LogP contribution in [0.4, 0.5) is 11.6 Å². The normalized spacial score (nSPS) is 20.1. The van der Waals surface area contributed by atoms with Gasteiger partial charge in [-0.15, -0.1) is 0 Å². The van der Waals surface area contributed by atoms with E-state index in [2.05, 4.69) is 9.97 Å². The minimum Gasteiger partial charge on any atom is -0.481 e. The quantitative estimate of drug-likeness (QED) is 0.697. The lowest BCUT2D eigenvalue weighted by atomic mass is 10.1. The second-order valence-corrected chi connectivity index (χ2v) is 3.54. The Morgan fingerprint density at radius 1 is 1.56 bits per heavy atom. The van der Waals surface area contributed by atoms with E-state index in [-0.39, 0.29) is 24.7 Å². The highest BCUT2D eigenvalue weighted by molar-refractivity contribution is 5.98. The molecule has 1 saturated heterocycles. The molecule has 1 aliphatic heterocycles. The monoisotopic (exact) mass is 222 g/mol. The Balaban J connectivity index is 2.23. The predicted molar refractivity (Wildman–Crippen MR) is 54.5 cm³/mol. The summed E-state index contributed by atoms with van der Waals surface area (Å²) >= 11 is 0. The van der Waals surface area contributed by atoms with Crippen molar-refractivity contribution in [2.75, 3.05) is 17.2 Å². The topological polar surface area (TPSA) is 109 Å². The second kappa shape index (κ2) is 3.76. The van der Waals surface area contributed by atoms with Crippen molar-refractivity contribution in [1.29, 1.82) is 0 Å². The molecule has 7 heteroatoms. The van der Waals surface area contributed by atoms with Crippen molar-refractivity contribution < 1.29 is 14.7 Å². The third-order valence-corrected chi connectivity index (χ3v) is 2.42. The number of nitrogen functional groups attached to an aromatic ring is 1. The number of hydrogen-bond acceptors (Lipinski definition) is 5. The summed E-state index contributed by atoms with van der Waals surface area (Å²) in [6.45, 7) is 0.130. The first-order chi connectivity index (χ1) is 7.58. The minimum absolute atomic E-state index is 0.000753. The Bertz CT molecular complexity index is 448. The molecule has 0 aromatic carbocycles. The van der Waals surface area contributed by atoms with Gasteiger partial charge in [-0.25, -0.2) is 9.97 Å². The molecule has 1 amide bonds. The van der Waals surface area contributed by atoms with Crippen LogP contribution in [0.25, 0.3) is 0 Å². The van der Waals surface area contributed by atoms with Gasteiger partial charge in [0.2, 0.25) is 5.91 Å². The summed E-state index contributed by atoms with van der Waals surface area (Å²) in [5.74, 6) is -1.31. The van der Waals surface area contributed by atoms with Gasteiger partial charge in [0.25, 0.3) is 0 Å². The lowest BCUT2D eigenvalue weighted by Crippen LogP contribution is -2.26. The van der Waals surface area contributed by atoms with Crippen LogP contribution < -0.4 is 10.6 Å². The van der Waals surface area contributed by atoms with Crippen molar-refractivity contribution in [2.45, 2.75) is 6.42 Å². The number of hydrogen-bond donors (Lipinski definition) is 2. The molecule has 2 heterocycles. The summed E-state index contributed by atoms with van der Waals surface area (Å²) in [6, 6.07) is 1.45. The molecule has 1 atom stereocenters. The lowest BCUT2D eigenvalue weighted by molar-refractivity contribution is -0.141. The maximum atomic E-state index is 11.6. The zero-order valence-corrected chi connectivity index (χ0v) is 8.33. The van der Waals surface area contributed by atoms with Crippen molar-refractivity contribution in [2.24, 2.45) is 5.92 Å². The number of carboxylic acid groups (broad SMARTS) is 1. The zero-order chi connectivity index (χ0) is 11.7. The summed E-state index contributed by atoms with van der Waals surface area (Å²) in [5.41, 5.74) is 5.46. The molecule has 1 aliphatic rings. The number of nitrogens with zero attached hydrogens (tertiary/aromatic N) is 3. The lowest BCUT2D eigenvalue weighted by Gasteiger charge is -2.14.